The summed E-state index contributed by atoms with van der Waals surface area (Å²) in [5.41, 5.74) is 0.311. The minimum Gasteiger partial charge on any atom is -0.335 e. The zero-order valence-corrected chi connectivity index (χ0v) is 14.6. The van der Waals surface area contributed by atoms with E-state index < -0.39 is 5.82 Å². The Kier molecular flexibility index (Phi) is 5.10. The summed E-state index contributed by atoms with van der Waals surface area (Å²) in [6.07, 6.45) is 0. The Bertz CT molecular complexity index is 801. The number of benzene rings is 1. The predicted molar refractivity (Wildman–Crippen MR) is 89.6 cm³/mol. The van der Waals surface area contributed by atoms with E-state index in [9.17, 15) is 14.0 Å². The van der Waals surface area contributed by atoms with Gasteiger partial charge in [-0.25, -0.2) is 13.9 Å². The molecule has 1 saturated heterocycles. The van der Waals surface area contributed by atoms with E-state index in [0.717, 1.165) is 0 Å². The maximum atomic E-state index is 13.3. The molecule has 26 heavy (non-hydrogen) atoms. The summed E-state index contributed by atoms with van der Waals surface area (Å²) in [5, 5.41) is 14.0. The van der Waals surface area contributed by atoms with Gasteiger partial charge in [0.2, 0.25) is 0 Å². The van der Waals surface area contributed by atoms with E-state index in [1.807, 2.05) is 0 Å². The topological polar surface area (TPSA) is 96.2 Å². The Morgan fingerprint density at radius 1 is 1.19 bits per heavy atom. The normalized spacial score (nSPS) is 15.7. The highest BCUT2D eigenvalue weighted by Crippen LogP contribution is 2.12. The van der Waals surface area contributed by atoms with E-state index in [1.165, 1.54) is 22.9 Å². The van der Waals surface area contributed by atoms with Crippen molar-refractivity contribution < 1.29 is 14.0 Å². The standard InChI is InChI=1S/C16H20FN7O2/c1-11(14-19-20-21-22(14)2)18-16(26)24-8-6-23(7-9-24)15(25)12-4-3-5-13(17)10-12/h3-5,10-11H,6-9H2,1-2H3,(H,18,26)/t11-/m1/s1. The van der Waals surface area contributed by atoms with Crippen LogP contribution < -0.4 is 5.32 Å². The predicted octanol–water partition coefficient (Wildman–Crippen LogP) is 0.578. The van der Waals surface area contributed by atoms with Crippen molar-refractivity contribution in [1.82, 2.24) is 35.3 Å². The van der Waals surface area contributed by atoms with E-state index in [2.05, 4.69) is 20.8 Å². The van der Waals surface area contributed by atoms with Crippen LogP contribution in [0.15, 0.2) is 24.3 Å². The third-order valence-corrected chi connectivity index (χ3v) is 4.31. The third kappa shape index (κ3) is 3.79. The van der Waals surface area contributed by atoms with Gasteiger partial charge < -0.3 is 15.1 Å². The average molecular weight is 361 g/mol. The number of urea groups is 1. The Morgan fingerprint density at radius 2 is 1.88 bits per heavy atom. The molecule has 0 saturated carbocycles. The molecule has 0 unspecified atom stereocenters. The Hall–Kier alpha value is -3.04. The molecular formula is C16H20FN7O2. The maximum absolute atomic E-state index is 13.3. The van der Waals surface area contributed by atoms with E-state index in [0.29, 0.717) is 37.6 Å². The highest BCUT2D eigenvalue weighted by molar-refractivity contribution is 5.94. The minimum absolute atomic E-state index is 0.233. The molecule has 2 aromatic rings. The van der Waals surface area contributed by atoms with Crippen molar-refractivity contribution in [3.05, 3.63) is 41.5 Å². The first-order chi connectivity index (χ1) is 12.5. The average Bonchev–Trinajstić information content (AvgIpc) is 3.07. The van der Waals surface area contributed by atoms with Crippen molar-refractivity contribution in [3.8, 4) is 0 Å². The fourth-order valence-electron chi connectivity index (χ4n) is 2.86. The quantitative estimate of drug-likeness (QED) is 0.863. The van der Waals surface area contributed by atoms with Crippen LogP contribution in [0.1, 0.15) is 29.1 Å². The number of nitrogens with zero attached hydrogens (tertiary/aromatic N) is 6. The van der Waals surface area contributed by atoms with Gasteiger partial charge in [-0.15, -0.1) is 5.10 Å². The first-order valence-electron chi connectivity index (χ1n) is 8.28. The molecule has 10 heteroatoms. The molecular weight excluding hydrogens is 341 g/mol. The van der Waals surface area contributed by atoms with Crippen LogP contribution in [0.5, 0.6) is 0 Å². The van der Waals surface area contributed by atoms with Crippen LogP contribution in [-0.4, -0.2) is 68.1 Å². The number of aryl methyl sites for hydroxylation is 1. The third-order valence-electron chi connectivity index (χ3n) is 4.31. The number of hydrogen-bond donors (Lipinski definition) is 1. The molecule has 138 valence electrons. The van der Waals surface area contributed by atoms with Crippen LogP contribution in [0.4, 0.5) is 9.18 Å². The van der Waals surface area contributed by atoms with Crippen molar-refractivity contribution in [2.45, 2.75) is 13.0 Å². The number of nitrogens with one attached hydrogen (secondary N) is 1. The second-order valence-electron chi connectivity index (χ2n) is 6.12. The fourth-order valence-corrected chi connectivity index (χ4v) is 2.86. The summed E-state index contributed by atoms with van der Waals surface area (Å²) in [6, 6.07) is 5.04. The lowest BCUT2D eigenvalue weighted by molar-refractivity contribution is 0.0663. The number of rotatable bonds is 3. The summed E-state index contributed by atoms with van der Waals surface area (Å²) >= 11 is 0. The second-order valence-corrected chi connectivity index (χ2v) is 6.12. The van der Waals surface area contributed by atoms with Gasteiger partial charge in [0.1, 0.15) is 5.82 Å². The van der Waals surface area contributed by atoms with Gasteiger partial charge in [0.15, 0.2) is 5.82 Å². The lowest BCUT2D eigenvalue weighted by Crippen LogP contribution is -2.53. The maximum Gasteiger partial charge on any atom is 0.318 e. The van der Waals surface area contributed by atoms with Gasteiger partial charge in [-0.3, -0.25) is 4.79 Å². The van der Waals surface area contributed by atoms with Crippen LogP contribution in [0.2, 0.25) is 0 Å². The zero-order valence-electron chi connectivity index (χ0n) is 14.6. The molecule has 0 aliphatic carbocycles. The van der Waals surface area contributed by atoms with Crippen molar-refractivity contribution in [2.75, 3.05) is 26.2 Å². The molecule has 2 heterocycles. The largest absolute Gasteiger partial charge is 0.335 e. The number of tetrazole rings is 1. The smallest absolute Gasteiger partial charge is 0.318 e. The van der Waals surface area contributed by atoms with Gasteiger partial charge in [0, 0.05) is 38.8 Å². The van der Waals surface area contributed by atoms with Crippen molar-refractivity contribution >= 4 is 11.9 Å². The van der Waals surface area contributed by atoms with E-state index in [-0.39, 0.29) is 18.0 Å². The molecule has 9 nitrogen and oxygen atoms in total. The number of carbonyl (C=O) groups is 2. The fraction of sp³-hybridized carbons (Fsp3) is 0.438. The Morgan fingerprint density at radius 3 is 2.50 bits per heavy atom. The van der Waals surface area contributed by atoms with Gasteiger partial charge in [-0.2, -0.15) is 0 Å². The van der Waals surface area contributed by atoms with E-state index in [1.54, 1.807) is 29.8 Å². The van der Waals surface area contributed by atoms with Gasteiger partial charge in [0.05, 0.1) is 6.04 Å². The summed E-state index contributed by atoms with van der Waals surface area (Å²) in [4.78, 5) is 28.1. The van der Waals surface area contributed by atoms with Crippen LogP contribution in [0, 0.1) is 5.82 Å². The van der Waals surface area contributed by atoms with Gasteiger partial charge in [0.25, 0.3) is 5.91 Å². The number of aromatic nitrogens is 4. The summed E-state index contributed by atoms with van der Waals surface area (Å²) in [6.45, 7) is 3.38. The Labute approximate surface area is 149 Å². The zero-order chi connectivity index (χ0) is 18.7. The molecule has 1 aliphatic heterocycles. The van der Waals surface area contributed by atoms with Gasteiger partial charge >= 0.3 is 6.03 Å². The molecule has 0 bridgehead atoms. The molecule has 0 radical (unpaired) electrons. The van der Waals surface area contributed by atoms with E-state index >= 15 is 0 Å². The van der Waals surface area contributed by atoms with Crippen LogP contribution in [-0.2, 0) is 7.05 Å². The molecule has 1 aliphatic rings. The summed E-state index contributed by atoms with van der Waals surface area (Å²) in [5.74, 6) is -0.123. The number of amides is 3. The lowest BCUT2D eigenvalue weighted by Gasteiger charge is -2.35. The SMILES string of the molecule is C[C@@H](NC(=O)N1CCN(C(=O)c2cccc(F)c2)CC1)c1nnnn1C. The lowest BCUT2D eigenvalue weighted by atomic mass is 10.2. The number of hydrogen-bond acceptors (Lipinski definition) is 5. The molecule has 3 amide bonds. The molecule has 1 atom stereocenters. The molecule has 1 N–H and O–H groups in total. The highest BCUT2D eigenvalue weighted by Gasteiger charge is 2.26. The van der Waals surface area contributed by atoms with E-state index in [4.69, 9.17) is 0 Å². The Balaban J connectivity index is 1.54. The molecule has 0 spiro atoms. The van der Waals surface area contributed by atoms with Crippen LogP contribution in [0.3, 0.4) is 0 Å². The number of piperazine rings is 1. The monoisotopic (exact) mass is 361 g/mol. The number of carbonyl (C=O) groups excluding carboxylic acids is 2. The molecule has 3 rings (SSSR count). The minimum atomic E-state index is -0.443. The molecule has 1 aromatic carbocycles. The highest BCUT2D eigenvalue weighted by atomic mass is 19.1. The molecule has 1 aromatic heterocycles. The van der Waals surface area contributed by atoms with Crippen LogP contribution >= 0.6 is 0 Å². The van der Waals surface area contributed by atoms with Crippen molar-refractivity contribution in [3.63, 3.8) is 0 Å². The van der Waals surface area contributed by atoms with Gasteiger partial charge in [-0.05, 0) is 35.5 Å². The first kappa shape index (κ1) is 17.8. The second kappa shape index (κ2) is 7.46. The summed E-state index contributed by atoms with van der Waals surface area (Å²) in [7, 11) is 1.70. The number of halogens is 1. The van der Waals surface area contributed by atoms with Crippen molar-refractivity contribution in [1.29, 1.82) is 0 Å². The molecule has 1 fully saturated rings. The van der Waals surface area contributed by atoms with Gasteiger partial charge in [-0.1, -0.05) is 6.07 Å². The van der Waals surface area contributed by atoms with Crippen LogP contribution in [0.25, 0.3) is 0 Å². The van der Waals surface area contributed by atoms with Crippen molar-refractivity contribution in [2.24, 2.45) is 7.05 Å². The summed E-state index contributed by atoms with van der Waals surface area (Å²) < 4.78 is 14.8. The first-order valence-corrected chi connectivity index (χ1v) is 8.28.